The molecular formula is C28H40N6O2S. The minimum atomic E-state index is -0.142. The lowest BCUT2D eigenvalue weighted by Gasteiger charge is -2.47. The van der Waals surface area contributed by atoms with E-state index in [4.69, 9.17) is 20.3 Å². The molecule has 3 aliphatic rings. The lowest BCUT2D eigenvalue weighted by Crippen LogP contribution is -2.51. The Morgan fingerprint density at radius 1 is 1.32 bits per heavy atom. The Morgan fingerprint density at radius 3 is 2.92 bits per heavy atom. The van der Waals surface area contributed by atoms with Gasteiger partial charge in [0, 0.05) is 67.0 Å². The monoisotopic (exact) mass is 524 g/mol. The molecule has 5 heterocycles. The van der Waals surface area contributed by atoms with Gasteiger partial charge in [0.05, 0.1) is 43.7 Å². The van der Waals surface area contributed by atoms with Crippen molar-refractivity contribution in [3.05, 3.63) is 51.5 Å². The number of ether oxygens (including phenoxy) is 2. The molecule has 200 valence electrons. The number of likely N-dealkylation sites (tertiary alicyclic amines) is 1. The van der Waals surface area contributed by atoms with Crippen LogP contribution in [0.5, 0.6) is 0 Å². The van der Waals surface area contributed by atoms with Crippen LogP contribution in [0.1, 0.15) is 53.6 Å². The van der Waals surface area contributed by atoms with Gasteiger partial charge in [-0.25, -0.2) is 0 Å². The summed E-state index contributed by atoms with van der Waals surface area (Å²) in [4.78, 5) is 17.0. The highest BCUT2D eigenvalue weighted by atomic mass is 32.1. The average molecular weight is 525 g/mol. The minimum absolute atomic E-state index is 0.142. The largest absolute Gasteiger partial charge is 0.379 e. The molecule has 2 saturated heterocycles. The molecule has 8 nitrogen and oxygen atoms in total. The molecule has 3 atom stereocenters. The molecule has 0 bridgehead atoms. The second kappa shape index (κ2) is 12.1. The molecule has 1 spiro atoms. The summed E-state index contributed by atoms with van der Waals surface area (Å²) in [5.41, 5.74) is 3.29. The predicted molar refractivity (Wildman–Crippen MR) is 150 cm³/mol. The molecule has 37 heavy (non-hydrogen) atoms. The predicted octanol–water partition coefficient (Wildman–Crippen LogP) is 3.42. The number of morpholine rings is 1. The maximum atomic E-state index is 6.51. The first-order valence-corrected chi connectivity index (χ1v) is 14.4. The normalized spacial score (nSPS) is 26.5. The van der Waals surface area contributed by atoms with Crippen molar-refractivity contribution >= 4 is 23.3 Å². The number of rotatable bonds is 8. The Morgan fingerprint density at radius 2 is 2.19 bits per heavy atom. The number of thiophene rings is 1. The van der Waals surface area contributed by atoms with Crippen LogP contribution < -0.4 is 5.84 Å². The van der Waals surface area contributed by atoms with Gasteiger partial charge in [-0.15, -0.1) is 11.3 Å². The number of aromatic nitrogens is 1. The van der Waals surface area contributed by atoms with Crippen molar-refractivity contribution in [1.82, 2.24) is 14.8 Å². The van der Waals surface area contributed by atoms with Crippen LogP contribution in [0.15, 0.2) is 40.7 Å². The van der Waals surface area contributed by atoms with Crippen LogP contribution >= 0.6 is 11.3 Å². The molecule has 9 heteroatoms. The van der Waals surface area contributed by atoms with E-state index in [9.17, 15) is 0 Å². The summed E-state index contributed by atoms with van der Waals surface area (Å²) in [5.74, 6) is 5.83. The average Bonchev–Trinajstić information content (AvgIpc) is 3.38. The highest BCUT2D eigenvalue weighted by Gasteiger charge is 2.44. The van der Waals surface area contributed by atoms with Crippen LogP contribution in [0, 0.1) is 0 Å². The number of aliphatic imine (C=N–C) groups is 1. The zero-order valence-corrected chi connectivity index (χ0v) is 23.0. The standard InChI is InChI=1S/C28H40N6O2S/c1-3-24-15-25-27(37-24)6-12-36-28(25)7-9-34(21(2)16-28)20-23(32-29)18-31-19-26(22-5-4-8-30-17-22)33-10-13-35-14-11-33/h4-5,8,15,17-18,21,26H,3,6-7,9-14,16,19-20,29H2,1-2H3/b31-18?,32-23+/t21-,26?,28+/m0/s1. The van der Waals surface area contributed by atoms with E-state index in [1.165, 1.54) is 20.9 Å². The smallest absolute Gasteiger partial charge is 0.0969 e. The molecule has 0 saturated carbocycles. The van der Waals surface area contributed by atoms with Crippen LogP contribution in [-0.2, 0) is 27.9 Å². The van der Waals surface area contributed by atoms with Crippen molar-refractivity contribution in [2.24, 2.45) is 15.9 Å². The van der Waals surface area contributed by atoms with E-state index in [-0.39, 0.29) is 11.6 Å². The summed E-state index contributed by atoms with van der Waals surface area (Å²) >= 11 is 1.98. The zero-order valence-electron chi connectivity index (χ0n) is 22.1. The summed E-state index contributed by atoms with van der Waals surface area (Å²) in [6.07, 6.45) is 9.75. The van der Waals surface area contributed by atoms with Gasteiger partial charge in [-0.2, -0.15) is 5.10 Å². The first kappa shape index (κ1) is 26.4. The minimum Gasteiger partial charge on any atom is -0.379 e. The molecule has 0 aromatic carbocycles. The van der Waals surface area contributed by atoms with E-state index in [1.807, 2.05) is 36.0 Å². The third-order valence-corrected chi connectivity index (χ3v) is 9.40. The highest BCUT2D eigenvalue weighted by molar-refractivity contribution is 7.12. The number of aryl methyl sites for hydroxylation is 1. The van der Waals surface area contributed by atoms with Gasteiger partial charge in [0.1, 0.15) is 0 Å². The van der Waals surface area contributed by atoms with Crippen LogP contribution in [0.3, 0.4) is 0 Å². The lowest BCUT2D eigenvalue weighted by atomic mass is 9.79. The van der Waals surface area contributed by atoms with Gasteiger partial charge in [-0.05, 0) is 49.4 Å². The van der Waals surface area contributed by atoms with Crippen molar-refractivity contribution in [3.8, 4) is 0 Å². The van der Waals surface area contributed by atoms with E-state index in [0.29, 0.717) is 19.1 Å². The number of piperidine rings is 1. The zero-order chi connectivity index (χ0) is 25.7. The van der Waals surface area contributed by atoms with Gasteiger partial charge < -0.3 is 15.3 Å². The van der Waals surface area contributed by atoms with Crippen molar-refractivity contribution in [2.75, 3.05) is 52.5 Å². The molecule has 2 aromatic heterocycles. The summed E-state index contributed by atoms with van der Waals surface area (Å²) in [6, 6.07) is 7.06. The molecule has 2 fully saturated rings. The topological polar surface area (TPSA) is 88.6 Å². The third-order valence-electron chi connectivity index (χ3n) is 8.06. The summed E-state index contributed by atoms with van der Waals surface area (Å²) < 4.78 is 12.1. The second-order valence-corrected chi connectivity index (χ2v) is 11.6. The second-order valence-electron chi connectivity index (χ2n) is 10.3. The number of hydrogen-bond donors (Lipinski definition) is 1. The fraction of sp³-hybridized carbons (Fsp3) is 0.607. The number of hydrazone groups is 1. The summed E-state index contributed by atoms with van der Waals surface area (Å²) in [7, 11) is 0. The van der Waals surface area contributed by atoms with Crippen LogP contribution in [0.4, 0.5) is 0 Å². The first-order valence-electron chi connectivity index (χ1n) is 13.6. The molecule has 2 N–H and O–H groups in total. The van der Waals surface area contributed by atoms with Gasteiger partial charge >= 0.3 is 0 Å². The van der Waals surface area contributed by atoms with Gasteiger partial charge in [0.2, 0.25) is 0 Å². The molecule has 0 aliphatic carbocycles. The number of nitrogens with two attached hydrogens (primary N) is 1. The van der Waals surface area contributed by atoms with Crippen LogP contribution in [0.25, 0.3) is 0 Å². The Kier molecular flexibility index (Phi) is 8.67. The highest BCUT2D eigenvalue weighted by Crippen LogP contribution is 2.46. The Hall–Kier alpha value is -2.17. The molecule has 1 unspecified atom stereocenters. The number of pyridine rings is 1. The molecule has 0 radical (unpaired) electrons. The summed E-state index contributed by atoms with van der Waals surface area (Å²) in [5, 5.41) is 4.10. The Bertz CT molecular complexity index is 1080. The van der Waals surface area contributed by atoms with E-state index in [2.05, 4.69) is 45.9 Å². The van der Waals surface area contributed by atoms with Gasteiger partial charge in [-0.1, -0.05) is 13.0 Å². The van der Waals surface area contributed by atoms with Gasteiger partial charge in [0.15, 0.2) is 0 Å². The molecule has 0 amide bonds. The van der Waals surface area contributed by atoms with E-state index in [1.54, 1.807) is 0 Å². The number of hydrogen-bond acceptors (Lipinski definition) is 9. The van der Waals surface area contributed by atoms with Crippen molar-refractivity contribution in [3.63, 3.8) is 0 Å². The quantitative estimate of drug-likeness (QED) is 0.323. The molecule has 5 rings (SSSR count). The van der Waals surface area contributed by atoms with Crippen molar-refractivity contribution < 1.29 is 9.47 Å². The maximum Gasteiger partial charge on any atom is 0.0969 e. The van der Waals surface area contributed by atoms with Gasteiger partial charge in [0.25, 0.3) is 0 Å². The van der Waals surface area contributed by atoms with E-state index in [0.717, 1.165) is 70.8 Å². The van der Waals surface area contributed by atoms with Crippen molar-refractivity contribution in [1.29, 1.82) is 0 Å². The summed E-state index contributed by atoms with van der Waals surface area (Å²) in [6.45, 7) is 11.0. The molecule has 2 aromatic rings. The van der Waals surface area contributed by atoms with Crippen molar-refractivity contribution in [2.45, 2.75) is 57.2 Å². The first-order chi connectivity index (χ1) is 18.1. The molecular weight excluding hydrogens is 484 g/mol. The fourth-order valence-corrected chi connectivity index (χ4v) is 7.16. The van der Waals surface area contributed by atoms with Gasteiger partial charge in [-0.3, -0.25) is 19.8 Å². The van der Waals surface area contributed by atoms with E-state index < -0.39 is 0 Å². The number of nitrogens with zero attached hydrogens (tertiary/aromatic N) is 5. The molecule has 3 aliphatic heterocycles. The Balaban J connectivity index is 1.22. The lowest BCUT2D eigenvalue weighted by molar-refractivity contribution is -0.108. The fourth-order valence-electron chi connectivity index (χ4n) is 5.99. The van der Waals surface area contributed by atoms with E-state index >= 15 is 0 Å². The SMILES string of the molecule is CCc1cc2c(s1)CCO[C@@]21CCN(C/C(C=NCC(c2cccnc2)N2CCOCC2)=N/N)[C@@H](C)C1. The third kappa shape index (κ3) is 5.96. The van der Waals surface area contributed by atoms with Crippen LogP contribution in [0.2, 0.25) is 0 Å². The Labute approximate surface area is 224 Å². The maximum absolute atomic E-state index is 6.51. The van der Waals surface area contributed by atoms with Crippen LogP contribution in [-0.4, -0.2) is 85.3 Å². The number of fused-ring (bicyclic) bond motifs is 2.